The molecule has 0 amide bonds. The van der Waals surface area contributed by atoms with Gasteiger partial charge in [0.05, 0.1) is 0 Å². The van der Waals surface area contributed by atoms with Crippen molar-refractivity contribution in [2.45, 2.75) is 25.7 Å². The van der Waals surface area contributed by atoms with Crippen molar-refractivity contribution in [2.75, 3.05) is 0 Å². The minimum absolute atomic E-state index is 0.130. The number of rotatable bonds is 10. The number of carbonyl (C=O) groups is 3. The highest BCUT2D eigenvalue weighted by Crippen LogP contribution is 2.32. The molecule has 3 rings (SSSR count). The largest absolute Gasteiger partial charge is 0.480 e. The molecule has 3 aromatic carbocycles. The van der Waals surface area contributed by atoms with E-state index in [-0.39, 0.29) is 6.42 Å². The van der Waals surface area contributed by atoms with Crippen molar-refractivity contribution in [2.24, 2.45) is 5.41 Å². The summed E-state index contributed by atoms with van der Waals surface area (Å²) in [4.78, 5) is 36.9. The number of carboxylic acid groups (broad SMARTS) is 2. The van der Waals surface area contributed by atoms with Crippen molar-refractivity contribution in [1.29, 1.82) is 0 Å². The topological polar surface area (TPSA) is 91.7 Å². The maximum atomic E-state index is 12.9. The van der Waals surface area contributed by atoms with Crippen LogP contribution >= 0.6 is 15.9 Å². The third kappa shape index (κ3) is 5.51. The minimum atomic E-state index is -2.16. The first-order valence-electron chi connectivity index (χ1n) is 10.2. The molecule has 3 aromatic rings. The normalized spacial score (nSPS) is 11.2. The van der Waals surface area contributed by atoms with Crippen LogP contribution in [0.3, 0.4) is 0 Å². The van der Waals surface area contributed by atoms with Gasteiger partial charge < -0.3 is 10.2 Å². The summed E-state index contributed by atoms with van der Waals surface area (Å²) in [6.45, 7) is 0. The van der Waals surface area contributed by atoms with E-state index < -0.39 is 29.6 Å². The number of hydrogen-bond acceptors (Lipinski definition) is 3. The van der Waals surface area contributed by atoms with Crippen LogP contribution in [-0.4, -0.2) is 27.9 Å². The summed E-state index contributed by atoms with van der Waals surface area (Å²) in [6, 6.07) is 23.9. The fourth-order valence-corrected chi connectivity index (χ4v) is 3.92. The SMILES string of the molecule is O=C(CC(CCCc1ccccc1)(C(=O)O)C(=O)O)c1ccc(-c2ccc(Br)cc2)cc1. The number of hydrogen-bond donors (Lipinski definition) is 2. The van der Waals surface area contributed by atoms with Crippen molar-refractivity contribution in [3.63, 3.8) is 0 Å². The van der Waals surface area contributed by atoms with E-state index >= 15 is 0 Å². The molecule has 0 aromatic heterocycles. The molecule has 0 aliphatic rings. The smallest absolute Gasteiger partial charge is 0.321 e. The van der Waals surface area contributed by atoms with Crippen molar-refractivity contribution in [3.05, 3.63) is 94.5 Å². The first-order valence-corrected chi connectivity index (χ1v) is 11.0. The Bertz CT molecular complexity index is 1080. The Morgan fingerprint density at radius 1 is 0.750 bits per heavy atom. The van der Waals surface area contributed by atoms with Crippen LogP contribution in [0, 0.1) is 5.41 Å². The van der Waals surface area contributed by atoms with Crippen LogP contribution in [0.4, 0.5) is 0 Å². The van der Waals surface area contributed by atoms with E-state index in [1.165, 1.54) is 0 Å². The molecule has 5 nitrogen and oxygen atoms in total. The second kappa shape index (κ2) is 10.4. The summed E-state index contributed by atoms with van der Waals surface area (Å²) in [5.41, 5.74) is 1.00. The molecule has 0 saturated carbocycles. The molecule has 0 unspecified atom stereocenters. The first-order chi connectivity index (χ1) is 15.3. The molecule has 6 heteroatoms. The van der Waals surface area contributed by atoms with Crippen LogP contribution in [-0.2, 0) is 16.0 Å². The molecule has 164 valence electrons. The average molecular weight is 495 g/mol. The predicted molar refractivity (Wildman–Crippen MR) is 126 cm³/mol. The Labute approximate surface area is 194 Å². The molecule has 0 heterocycles. The number of carboxylic acids is 2. The number of aliphatic carboxylic acids is 2. The Hall–Kier alpha value is -3.25. The summed E-state index contributed by atoms with van der Waals surface area (Å²) in [7, 11) is 0. The highest BCUT2D eigenvalue weighted by molar-refractivity contribution is 9.10. The summed E-state index contributed by atoms with van der Waals surface area (Å²) in [5, 5.41) is 19.5. The van der Waals surface area contributed by atoms with Crippen LogP contribution < -0.4 is 0 Å². The van der Waals surface area contributed by atoms with Gasteiger partial charge in [-0.2, -0.15) is 0 Å². The number of halogens is 1. The molecule has 0 spiro atoms. The minimum Gasteiger partial charge on any atom is -0.480 e. The summed E-state index contributed by atoms with van der Waals surface area (Å²) in [5.74, 6) is -3.48. The van der Waals surface area contributed by atoms with E-state index in [1.807, 2.05) is 54.6 Å². The van der Waals surface area contributed by atoms with Gasteiger partial charge in [-0.15, -0.1) is 0 Å². The summed E-state index contributed by atoms with van der Waals surface area (Å²) in [6.07, 6.45) is 0.164. The molecule has 0 bridgehead atoms. The molecule has 0 aliphatic carbocycles. The van der Waals surface area contributed by atoms with Gasteiger partial charge in [0.15, 0.2) is 11.2 Å². The first kappa shape index (κ1) is 23.4. The van der Waals surface area contributed by atoms with Gasteiger partial charge in [-0.1, -0.05) is 82.7 Å². The lowest BCUT2D eigenvalue weighted by molar-refractivity contribution is -0.165. The lowest BCUT2D eigenvalue weighted by Gasteiger charge is -2.24. The maximum Gasteiger partial charge on any atom is 0.321 e. The van der Waals surface area contributed by atoms with Gasteiger partial charge in [0.25, 0.3) is 0 Å². The Morgan fingerprint density at radius 3 is 1.81 bits per heavy atom. The highest BCUT2D eigenvalue weighted by Gasteiger charge is 2.47. The molecular formula is C26H23BrO5. The van der Waals surface area contributed by atoms with E-state index in [9.17, 15) is 24.6 Å². The van der Waals surface area contributed by atoms with E-state index in [0.29, 0.717) is 18.4 Å². The molecule has 0 aliphatic heterocycles. The Balaban J connectivity index is 1.74. The van der Waals surface area contributed by atoms with E-state index in [2.05, 4.69) is 15.9 Å². The van der Waals surface area contributed by atoms with Gasteiger partial charge in [-0.3, -0.25) is 14.4 Å². The second-order valence-electron chi connectivity index (χ2n) is 7.72. The maximum absolute atomic E-state index is 12.9. The van der Waals surface area contributed by atoms with Crippen LogP contribution in [0.25, 0.3) is 11.1 Å². The molecule has 0 fully saturated rings. The highest BCUT2D eigenvalue weighted by atomic mass is 79.9. The Kier molecular flexibility index (Phi) is 7.59. The van der Waals surface area contributed by atoms with Gasteiger partial charge >= 0.3 is 11.9 Å². The Morgan fingerprint density at radius 2 is 1.28 bits per heavy atom. The number of benzene rings is 3. The number of aryl methyl sites for hydroxylation is 1. The van der Waals surface area contributed by atoms with E-state index in [0.717, 1.165) is 21.2 Å². The lowest BCUT2D eigenvalue weighted by atomic mass is 9.77. The van der Waals surface area contributed by atoms with Gasteiger partial charge in [-0.25, -0.2) is 0 Å². The van der Waals surface area contributed by atoms with Crippen molar-refractivity contribution < 1.29 is 24.6 Å². The third-order valence-corrected chi connectivity index (χ3v) is 6.11. The second-order valence-corrected chi connectivity index (χ2v) is 8.63. The van der Waals surface area contributed by atoms with Crippen LogP contribution in [0.1, 0.15) is 35.2 Å². The summed E-state index contributed by atoms with van der Waals surface area (Å²) < 4.78 is 0.957. The average Bonchev–Trinajstić information content (AvgIpc) is 2.79. The monoisotopic (exact) mass is 494 g/mol. The molecular weight excluding hydrogens is 472 g/mol. The molecule has 0 saturated heterocycles. The number of ketones is 1. The zero-order chi connectivity index (χ0) is 23.1. The number of carbonyl (C=O) groups excluding carboxylic acids is 1. The van der Waals surface area contributed by atoms with Gasteiger partial charge in [0.1, 0.15) is 0 Å². The lowest BCUT2D eigenvalue weighted by Crippen LogP contribution is -2.41. The quantitative estimate of drug-likeness (QED) is 0.271. The molecule has 32 heavy (non-hydrogen) atoms. The zero-order valence-electron chi connectivity index (χ0n) is 17.3. The van der Waals surface area contributed by atoms with Crippen LogP contribution in [0.5, 0.6) is 0 Å². The van der Waals surface area contributed by atoms with Crippen molar-refractivity contribution in [1.82, 2.24) is 0 Å². The van der Waals surface area contributed by atoms with Gasteiger partial charge in [-0.05, 0) is 48.1 Å². The van der Waals surface area contributed by atoms with Gasteiger partial charge in [0.2, 0.25) is 0 Å². The zero-order valence-corrected chi connectivity index (χ0v) is 18.9. The van der Waals surface area contributed by atoms with Gasteiger partial charge in [0, 0.05) is 16.5 Å². The fourth-order valence-electron chi connectivity index (χ4n) is 3.65. The van der Waals surface area contributed by atoms with Crippen molar-refractivity contribution in [3.8, 4) is 11.1 Å². The standard InChI is InChI=1S/C26H23BrO5/c27-22-14-12-20(13-15-22)19-8-10-21(11-9-19)23(28)17-26(24(29)30,25(31)32)16-4-7-18-5-2-1-3-6-18/h1-3,5-6,8-15H,4,7,16-17H2,(H,29,30)(H,31,32). The molecule has 2 N–H and O–H groups in total. The predicted octanol–water partition coefficient (Wildman–Crippen LogP) is 5.87. The summed E-state index contributed by atoms with van der Waals surface area (Å²) >= 11 is 3.39. The number of Topliss-reactive ketones (excluding diaryl/α,β-unsaturated/α-hetero) is 1. The fraction of sp³-hybridized carbons (Fsp3) is 0.192. The molecule has 0 atom stereocenters. The van der Waals surface area contributed by atoms with Crippen molar-refractivity contribution >= 4 is 33.7 Å². The van der Waals surface area contributed by atoms with Crippen LogP contribution in [0.2, 0.25) is 0 Å². The van der Waals surface area contributed by atoms with E-state index in [1.54, 1.807) is 24.3 Å². The van der Waals surface area contributed by atoms with Crippen LogP contribution in [0.15, 0.2) is 83.3 Å². The molecule has 0 radical (unpaired) electrons. The third-order valence-electron chi connectivity index (χ3n) is 5.58. The van der Waals surface area contributed by atoms with E-state index in [4.69, 9.17) is 0 Å².